The molecule has 1 amide bonds. The van der Waals surface area contributed by atoms with Crippen molar-refractivity contribution in [1.82, 2.24) is 5.32 Å². The van der Waals surface area contributed by atoms with E-state index in [1.54, 1.807) is 11.3 Å². The highest BCUT2D eigenvalue weighted by Crippen LogP contribution is 2.67. The molecule has 0 aromatic carbocycles. The number of carbonyl (C=O) groups is 3. The number of nitrogens with one attached hydrogen (secondary N) is 1. The minimum absolute atomic E-state index is 0.147. The lowest BCUT2D eigenvalue weighted by atomic mass is 9.44. The van der Waals surface area contributed by atoms with Crippen molar-refractivity contribution >= 4 is 28.8 Å². The molecule has 0 bridgehead atoms. The topological polar surface area (TPSA) is 63.2 Å². The van der Waals surface area contributed by atoms with Gasteiger partial charge < -0.3 is 5.32 Å². The molecule has 1 aromatic heterocycles. The SMILES string of the molecule is C[C@H](CC(=O)N[C@@H](c1cccs1)C1CC1)[C@H]1CC[C@H]2[C@@H]3C(=O)C[C@@H]4CC(=O)CC[C@]4(C)[C@H]3CC[C@]12C. The fourth-order valence-corrected chi connectivity index (χ4v) is 10.6. The fraction of sp³-hybridized carbons (Fsp3) is 0.774. The zero-order valence-corrected chi connectivity index (χ0v) is 23.1. The van der Waals surface area contributed by atoms with Crippen LogP contribution in [0, 0.1) is 52.3 Å². The van der Waals surface area contributed by atoms with Gasteiger partial charge in [-0.05, 0) is 103 Å². The summed E-state index contributed by atoms with van der Waals surface area (Å²) in [6.45, 7) is 7.14. The van der Waals surface area contributed by atoms with E-state index in [4.69, 9.17) is 0 Å². The lowest BCUT2D eigenvalue weighted by molar-refractivity contribution is -0.159. The summed E-state index contributed by atoms with van der Waals surface area (Å²) in [6, 6.07) is 4.43. The first kappa shape index (κ1) is 24.8. The molecule has 0 radical (unpaired) electrons. The third-order valence-corrected chi connectivity index (χ3v) is 12.8. The van der Waals surface area contributed by atoms with Crippen LogP contribution in [-0.4, -0.2) is 17.5 Å². The number of carbonyl (C=O) groups excluding carboxylic acids is 3. The smallest absolute Gasteiger partial charge is 0.220 e. The Labute approximate surface area is 220 Å². The molecule has 1 heterocycles. The van der Waals surface area contributed by atoms with Gasteiger partial charge in [-0.1, -0.05) is 26.8 Å². The molecule has 9 atom stereocenters. The summed E-state index contributed by atoms with van der Waals surface area (Å²) in [4.78, 5) is 40.3. The molecule has 4 nitrogen and oxygen atoms in total. The Morgan fingerprint density at radius 3 is 2.56 bits per heavy atom. The Bertz CT molecular complexity index is 1030. The van der Waals surface area contributed by atoms with Gasteiger partial charge in [-0.25, -0.2) is 0 Å². The summed E-state index contributed by atoms with van der Waals surface area (Å²) in [5.74, 6) is 3.76. The zero-order valence-electron chi connectivity index (χ0n) is 22.3. The number of ketones is 2. The predicted octanol–water partition coefficient (Wildman–Crippen LogP) is 6.75. The Hall–Kier alpha value is -1.49. The summed E-state index contributed by atoms with van der Waals surface area (Å²) >= 11 is 1.75. The Morgan fingerprint density at radius 1 is 1.06 bits per heavy atom. The van der Waals surface area contributed by atoms with E-state index < -0.39 is 0 Å². The van der Waals surface area contributed by atoms with Crippen LogP contribution in [0.25, 0.3) is 0 Å². The maximum absolute atomic E-state index is 13.6. The highest BCUT2D eigenvalue weighted by Gasteiger charge is 2.63. The average molecular weight is 510 g/mol. The molecule has 0 unspecified atom stereocenters. The Morgan fingerprint density at radius 2 is 1.83 bits per heavy atom. The second-order valence-electron chi connectivity index (χ2n) is 13.7. The molecule has 5 saturated carbocycles. The summed E-state index contributed by atoms with van der Waals surface area (Å²) in [5, 5.41) is 5.51. The summed E-state index contributed by atoms with van der Waals surface area (Å²) in [7, 11) is 0. The standard InChI is InChI=1S/C31H43NO3S/c1-18(15-27(35)32-29(19-6-7-19)26-5-4-14-36-26)22-8-9-23-28-24(11-13-31(22,23)3)30(2)12-10-21(33)16-20(30)17-25(28)34/h4-5,14,18-20,22-24,28-29H,6-13,15-17H2,1-3H3,(H,32,35)/t18-,20+,22-,23+,24+,28+,29-,30+,31-/m1/s1. The first-order valence-electron chi connectivity index (χ1n) is 14.6. The van der Waals surface area contributed by atoms with Gasteiger partial charge in [0.15, 0.2) is 0 Å². The van der Waals surface area contributed by atoms with Crippen molar-refractivity contribution in [3.8, 4) is 0 Å². The number of hydrogen-bond donors (Lipinski definition) is 1. The third-order valence-electron chi connectivity index (χ3n) is 11.8. The van der Waals surface area contributed by atoms with Crippen molar-refractivity contribution in [3.05, 3.63) is 22.4 Å². The number of hydrogen-bond acceptors (Lipinski definition) is 4. The van der Waals surface area contributed by atoms with Gasteiger partial charge in [0.2, 0.25) is 5.91 Å². The van der Waals surface area contributed by atoms with E-state index in [9.17, 15) is 14.4 Å². The first-order valence-corrected chi connectivity index (χ1v) is 15.5. The molecule has 5 heteroatoms. The van der Waals surface area contributed by atoms with Crippen LogP contribution in [0.1, 0.15) is 102 Å². The monoisotopic (exact) mass is 509 g/mol. The summed E-state index contributed by atoms with van der Waals surface area (Å²) < 4.78 is 0. The van der Waals surface area contributed by atoms with Gasteiger partial charge in [-0.15, -0.1) is 11.3 Å². The van der Waals surface area contributed by atoms with Crippen LogP contribution in [0.2, 0.25) is 0 Å². The molecule has 1 N–H and O–H groups in total. The highest BCUT2D eigenvalue weighted by molar-refractivity contribution is 7.10. The average Bonchev–Trinajstić information content (AvgIpc) is 3.39. The summed E-state index contributed by atoms with van der Waals surface area (Å²) in [6.07, 6.45) is 10.5. The minimum atomic E-state index is 0.147. The minimum Gasteiger partial charge on any atom is -0.348 e. The highest BCUT2D eigenvalue weighted by atomic mass is 32.1. The van der Waals surface area contributed by atoms with Crippen LogP contribution in [0.15, 0.2) is 17.5 Å². The van der Waals surface area contributed by atoms with Crippen LogP contribution in [-0.2, 0) is 14.4 Å². The van der Waals surface area contributed by atoms with Crippen molar-refractivity contribution in [2.24, 2.45) is 52.3 Å². The van der Waals surface area contributed by atoms with Gasteiger partial charge in [0.1, 0.15) is 11.6 Å². The zero-order chi connectivity index (χ0) is 25.2. The van der Waals surface area contributed by atoms with Crippen LogP contribution in [0.4, 0.5) is 0 Å². The number of amides is 1. The number of fused-ring (bicyclic) bond motifs is 5. The second-order valence-corrected chi connectivity index (χ2v) is 14.6. The van der Waals surface area contributed by atoms with Crippen molar-refractivity contribution in [2.75, 3.05) is 0 Å². The fourth-order valence-electron chi connectivity index (χ4n) is 9.69. The molecule has 36 heavy (non-hydrogen) atoms. The van der Waals surface area contributed by atoms with Crippen molar-refractivity contribution < 1.29 is 14.4 Å². The van der Waals surface area contributed by atoms with E-state index in [0.717, 1.165) is 25.7 Å². The van der Waals surface area contributed by atoms with E-state index in [0.29, 0.717) is 66.8 Å². The van der Waals surface area contributed by atoms with Gasteiger partial charge in [0.05, 0.1) is 6.04 Å². The number of thiophene rings is 1. The molecular formula is C31H43NO3S. The van der Waals surface area contributed by atoms with E-state index in [-0.39, 0.29) is 34.6 Å². The Balaban J connectivity index is 1.15. The normalized spacial score (nSPS) is 41.7. The second kappa shape index (κ2) is 9.06. The molecule has 0 aliphatic heterocycles. The van der Waals surface area contributed by atoms with E-state index in [1.165, 1.54) is 24.1 Å². The van der Waals surface area contributed by atoms with Crippen molar-refractivity contribution in [3.63, 3.8) is 0 Å². The van der Waals surface area contributed by atoms with Crippen LogP contribution in [0.5, 0.6) is 0 Å². The number of Topliss-reactive ketones (excluding diaryl/α,β-unsaturated/α-hetero) is 2. The van der Waals surface area contributed by atoms with Crippen LogP contribution in [0.3, 0.4) is 0 Å². The molecule has 5 aliphatic carbocycles. The van der Waals surface area contributed by atoms with Gasteiger partial charge in [-0.2, -0.15) is 0 Å². The van der Waals surface area contributed by atoms with Gasteiger partial charge >= 0.3 is 0 Å². The van der Waals surface area contributed by atoms with E-state index in [2.05, 4.69) is 43.6 Å². The van der Waals surface area contributed by atoms with Gasteiger partial charge in [0, 0.05) is 36.5 Å². The lowest BCUT2D eigenvalue weighted by Gasteiger charge is -2.59. The maximum atomic E-state index is 13.6. The van der Waals surface area contributed by atoms with Crippen LogP contribution >= 0.6 is 11.3 Å². The van der Waals surface area contributed by atoms with Gasteiger partial charge in [-0.3, -0.25) is 14.4 Å². The molecule has 0 saturated heterocycles. The van der Waals surface area contributed by atoms with E-state index in [1.807, 2.05) is 0 Å². The lowest BCUT2D eigenvalue weighted by Crippen LogP contribution is -2.57. The predicted molar refractivity (Wildman–Crippen MR) is 142 cm³/mol. The quantitative estimate of drug-likeness (QED) is 0.461. The first-order chi connectivity index (χ1) is 17.2. The maximum Gasteiger partial charge on any atom is 0.220 e. The molecule has 5 aliphatic rings. The molecule has 196 valence electrons. The van der Waals surface area contributed by atoms with Crippen molar-refractivity contribution in [1.29, 1.82) is 0 Å². The molecule has 6 rings (SSSR count). The Kier molecular flexibility index (Phi) is 6.25. The number of rotatable bonds is 6. The molecule has 5 fully saturated rings. The largest absolute Gasteiger partial charge is 0.348 e. The summed E-state index contributed by atoms with van der Waals surface area (Å²) in [5.41, 5.74) is 0.297. The molecule has 1 aromatic rings. The molecule has 0 spiro atoms. The third kappa shape index (κ3) is 4.03. The van der Waals surface area contributed by atoms with E-state index >= 15 is 0 Å². The molecular weight excluding hydrogens is 466 g/mol. The van der Waals surface area contributed by atoms with Crippen LogP contribution < -0.4 is 5.32 Å². The van der Waals surface area contributed by atoms with Crippen molar-refractivity contribution in [2.45, 2.75) is 97.4 Å². The van der Waals surface area contributed by atoms with Gasteiger partial charge in [0.25, 0.3) is 0 Å².